The van der Waals surface area contributed by atoms with Gasteiger partial charge in [0.2, 0.25) is 11.8 Å². The average molecular weight is 533 g/mol. The fraction of sp³-hybridized carbons (Fsp3) is 0.375. The highest BCUT2D eigenvalue weighted by atomic mass is 35.5. The monoisotopic (exact) mass is 532 g/mol. The van der Waals surface area contributed by atoms with Crippen LogP contribution in [0.4, 0.5) is 0 Å². The van der Waals surface area contributed by atoms with Gasteiger partial charge in [-0.15, -0.1) is 0 Å². The lowest BCUT2D eigenvalue weighted by molar-refractivity contribution is -0.138. The van der Waals surface area contributed by atoms with Crippen molar-refractivity contribution < 1.29 is 14.3 Å². The first kappa shape index (κ1) is 27.7. The molecule has 2 amide bonds. The molecule has 4 rings (SSSR count). The molecule has 0 N–H and O–H groups in total. The molecule has 1 atom stereocenters. The molecule has 0 aromatic heterocycles. The predicted octanol–water partition coefficient (Wildman–Crippen LogP) is 6.57. The second kappa shape index (κ2) is 13.0. The number of carbonyl (C=O) groups is 2. The first-order valence-corrected chi connectivity index (χ1v) is 13.8. The molecule has 1 fully saturated rings. The Hall–Kier alpha value is -3.31. The van der Waals surface area contributed by atoms with Crippen molar-refractivity contribution in [3.05, 3.63) is 101 Å². The summed E-state index contributed by atoms with van der Waals surface area (Å²) in [6.45, 7) is 4.26. The predicted molar refractivity (Wildman–Crippen MR) is 152 cm³/mol. The molecule has 0 bridgehead atoms. The number of rotatable bonds is 10. The molecular formula is C32H37ClN2O3. The maximum absolute atomic E-state index is 13.5. The summed E-state index contributed by atoms with van der Waals surface area (Å²) < 4.78 is 6.20. The van der Waals surface area contributed by atoms with Crippen molar-refractivity contribution in [1.82, 2.24) is 9.80 Å². The largest absolute Gasteiger partial charge is 0.493 e. The summed E-state index contributed by atoms with van der Waals surface area (Å²) in [5.74, 6) is 0.836. The Morgan fingerprint density at radius 2 is 1.55 bits per heavy atom. The van der Waals surface area contributed by atoms with Gasteiger partial charge in [0.25, 0.3) is 0 Å². The van der Waals surface area contributed by atoms with E-state index in [2.05, 4.69) is 6.92 Å². The van der Waals surface area contributed by atoms with E-state index in [1.54, 1.807) is 17.0 Å². The van der Waals surface area contributed by atoms with E-state index in [1.807, 2.05) is 84.7 Å². The molecule has 1 heterocycles. The molecule has 1 unspecified atom stereocenters. The number of carbonyl (C=O) groups excluding carboxylic acids is 2. The highest BCUT2D eigenvalue weighted by Gasteiger charge is 2.40. The number of likely N-dealkylation sites (tertiary alicyclic amines) is 1. The Balaban J connectivity index is 1.45. The fourth-order valence-electron chi connectivity index (χ4n) is 5.20. The van der Waals surface area contributed by atoms with Gasteiger partial charge in [-0.25, -0.2) is 0 Å². The highest BCUT2D eigenvalue weighted by Crippen LogP contribution is 2.38. The maximum Gasteiger partial charge on any atom is 0.230 e. The van der Waals surface area contributed by atoms with Crippen LogP contribution < -0.4 is 4.74 Å². The fourth-order valence-corrected chi connectivity index (χ4v) is 5.33. The van der Waals surface area contributed by atoms with Crippen LogP contribution in [0.2, 0.25) is 5.02 Å². The minimum Gasteiger partial charge on any atom is -0.493 e. The smallest absolute Gasteiger partial charge is 0.230 e. The molecular weight excluding hydrogens is 496 g/mol. The van der Waals surface area contributed by atoms with Gasteiger partial charge in [0, 0.05) is 43.5 Å². The van der Waals surface area contributed by atoms with Crippen molar-refractivity contribution in [2.24, 2.45) is 5.41 Å². The Morgan fingerprint density at radius 1 is 0.947 bits per heavy atom. The molecule has 1 saturated heterocycles. The number of hydrogen-bond donors (Lipinski definition) is 0. The summed E-state index contributed by atoms with van der Waals surface area (Å²) >= 11 is 6.04. The topological polar surface area (TPSA) is 49.9 Å². The molecule has 3 aromatic carbocycles. The van der Waals surface area contributed by atoms with Crippen LogP contribution in [0.25, 0.3) is 0 Å². The van der Waals surface area contributed by atoms with Crippen molar-refractivity contribution >= 4 is 23.4 Å². The van der Waals surface area contributed by atoms with Crippen LogP contribution in [-0.2, 0) is 16.1 Å². The van der Waals surface area contributed by atoms with Crippen LogP contribution in [0.15, 0.2) is 84.9 Å². The van der Waals surface area contributed by atoms with Crippen molar-refractivity contribution in [3.8, 4) is 5.75 Å². The zero-order chi connectivity index (χ0) is 27.0. The molecule has 1 aliphatic heterocycles. The van der Waals surface area contributed by atoms with Crippen molar-refractivity contribution in [2.45, 2.75) is 45.1 Å². The van der Waals surface area contributed by atoms with E-state index in [9.17, 15) is 9.59 Å². The third-order valence-corrected chi connectivity index (χ3v) is 7.87. The average Bonchev–Trinajstić information content (AvgIpc) is 2.94. The summed E-state index contributed by atoms with van der Waals surface area (Å²) in [6.07, 6.45) is 2.56. The number of halogens is 1. The van der Waals surface area contributed by atoms with E-state index in [0.29, 0.717) is 50.5 Å². The second-order valence-electron chi connectivity index (χ2n) is 10.4. The van der Waals surface area contributed by atoms with Crippen molar-refractivity contribution in [1.29, 1.82) is 0 Å². The standard InChI is InChI=1S/C32H37ClN2O3/c1-3-29(26-12-8-5-9-13-26)31(37)35-20-18-32(19-21-35,24-38-28-16-14-27(33)15-17-28)22-30(36)34(2)23-25-10-6-4-7-11-25/h4-17,29H,3,18-24H2,1-2H3. The quantitative estimate of drug-likeness (QED) is 0.297. The lowest BCUT2D eigenvalue weighted by Gasteiger charge is -2.42. The highest BCUT2D eigenvalue weighted by molar-refractivity contribution is 6.30. The number of hydrogen-bond acceptors (Lipinski definition) is 3. The van der Waals surface area contributed by atoms with Gasteiger partial charge in [0.15, 0.2) is 0 Å². The second-order valence-corrected chi connectivity index (χ2v) is 10.8. The molecule has 0 spiro atoms. The Bertz CT molecular complexity index is 1180. The van der Waals surface area contributed by atoms with Gasteiger partial charge in [-0.1, -0.05) is 79.2 Å². The minimum atomic E-state index is -0.354. The van der Waals surface area contributed by atoms with E-state index in [-0.39, 0.29) is 23.1 Å². The van der Waals surface area contributed by atoms with E-state index in [4.69, 9.17) is 16.3 Å². The van der Waals surface area contributed by atoms with Gasteiger partial charge < -0.3 is 14.5 Å². The SMILES string of the molecule is CCC(C(=O)N1CCC(COc2ccc(Cl)cc2)(CC(=O)N(C)Cc2ccccc2)CC1)c1ccccc1. The molecule has 0 radical (unpaired) electrons. The van der Waals surface area contributed by atoms with E-state index in [0.717, 1.165) is 23.3 Å². The minimum absolute atomic E-state index is 0.0871. The van der Waals surface area contributed by atoms with Crippen molar-refractivity contribution in [3.63, 3.8) is 0 Å². The van der Waals surface area contributed by atoms with E-state index >= 15 is 0 Å². The first-order valence-electron chi connectivity index (χ1n) is 13.4. The van der Waals surface area contributed by atoms with Crippen LogP contribution in [0.5, 0.6) is 5.75 Å². The molecule has 38 heavy (non-hydrogen) atoms. The summed E-state index contributed by atoms with van der Waals surface area (Å²) in [6, 6.07) is 27.3. The van der Waals surface area contributed by atoms with Crippen LogP contribution in [0.3, 0.4) is 0 Å². The van der Waals surface area contributed by atoms with E-state index < -0.39 is 0 Å². The normalized spacial score (nSPS) is 15.5. The van der Waals surface area contributed by atoms with Gasteiger partial charge in [-0.2, -0.15) is 0 Å². The lowest BCUT2D eigenvalue weighted by atomic mass is 9.75. The molecule has 6 heteroatoms. The first-order chi connectivity index (χ1) is 18.4. The number of piperidine rings is 1. The number of nitrogens with zero attached hydrogens (tertiary/aromatic N) is 2. The maximum atomic E-state index is 13.5. The number of benzene rings is 3. The summed E-state index contributed by atoms with van der Waals surface area (Å²) in [4.78, 5) is 30.7. The number of ether oxygens (including phenoxy) is 1. The van der Waals surface area contributed by atoms with Gasteiger partial charge in [-0.3, -0.25) is 9.59 Å². The molecule has 0 saturated carbocycles. The Kier molecular flexibility index (Phi) is 9.46. The van der Waals surface area contributed by atoms with Gasteiger partial charge in [0.05, 0.1) is 12.5 Å². The summed E-state index contributed by atoms with van der Waals surface area (Å²) in [5.41, 5.74) is 1.80. The van der Waals surface area contributed by atoms with Crippen LogP contribution in [-0.4, -0.2) is 48.4 Å². The molecule has 0 aliphatic carbocycles. The Labute approximate surface area is 231 Å². The van der Waals surface area contributed by atoms with E-state index in [1.165, 1.54) is 0 Å². The lowest BCUT2D eigenvalue weighted by Crippen LogP contribution is -2.48. The van der Waals surface area contributed by atoms with Crippen LogP contribution in [0.1, 0.15) is 49.7 Å². The molecule has 200 valence electrons. The van der Waals surface area contributed by atoms with Gasteiger partial charge in [-0.05, 0) is 54.7 Å². The zero-order valence-corrected chi connectivity index (χ0v) is 23.1. The van der Waals surface area contributed by atoms with Gasteiger partial charge in [0.1, 0.15) is 5.75 Å². The van der Waals surface area contributed by atoms with Crippen LogP contribution >= 0.6 is 11.6 Å². The summed E-state index contributed by atoms with van der Waals surface area (Å²) in [5, 5.41) is 0.653. The molecule has 5 nitrogen and oxygen atoms in total. The molecule has 3 aromatic rings. The number of amides is 2. The van der Waals surface area contributed by atoms with Crippen molar-refractivity contribution in [2.75, 3.05) is 26.7 Å². The summed E-state index contributed by atoms with van der Waals surface area (Å²) in [7, 11) is 1.85. The molecule has 1 aliphatic rings. The van der Waals surface area contributed by atoms with Crippen LogP contribution in [0, 0.1) is 5.41 Å². The third-order valence-electron chi connectivity index (χ3n) is 7.62. The third kappa shape index (κ3) is 7.16. The van der Waals surface area contributed by atoms with Gasteiger partial charge >= 0.3 is 0 Å². The zero-order valence-electron chi connectivity index (χ0n) is 22.3. The Morgan fingerprint density at radius 3 is 2.16 bits per heavy atom.